The fourth-order valence-corrected chi connectivity index (χ4v) is 4.61. The average molecular weight is 527 g/mol. The van der Waals surface area contributed by atoms with E-state index in [1.165, 1.54) is 0 Å². The molecule has 11 heteroatoms. The number of aryl methyl sites for hydroxylation is 2. The minimum absolute atomic E-state index is 0.120. The standard InChI is InChI=1S/C22H22Cl2N4O.C2HF3O/c1-12-21(13(2)27-26-12)22(29)25-16-6-4-5-14(7-16)18-10-28(3)11-19-17(18)8-15(23)9-20(19)24;3-2(4,5)1-6/h4-9,18H,10-11H2,1-3H3,(H,25,29)(H,26,27);1H. The van der Waals surface area contributed by atoms with Crippen molar-refractivity contribution in [3.8, 4) is 0 Å². The van der Waals surface area contributed by atoms with Gasteiger partial charge in [0.25, 0.3) is 5.91 Å². The molecule has 1 aromatic heterocycles. The largest absolute Gasteiger partial charge is 0.446 e. The van der Waals surface area contributed by atoms with Gasteiger partial charge in [-0.2, -0.15) is 18.3 Å². The van der Waals surface area contributed by atoms with Gasteiger partial charge in [0.1, 0.15) is 0 Å². The van der Waals surface area contributed by atoms with E-state index in [0.717, 1.165) is 41.2 Å². The molecule has 1 aliphatic rings. The number of H-pyrrole nitrogens is 1. The fourth-order valence-electron chi connectivity index (χ4n) is 4.04. The van der Waals surface area contributed by atoms with Crippen LogP contribution in [0.4, 0.5) is 18.9 Å². The van der Waals surface area contributed by atoms with Gasteiger partial charge in [-0.15, -0.1) is 0 Å². The molecule has 35 heavy (non-hydrogen) atoms. The number of carbonyl (C=O) groups is 2. The van der Waals surface area contributed by atoms with Crippen LogP contribution in [0.5, 0.6) is 0 Å². The van der Waals surface area contributed by atoms with E-state index in [1.807, 2.05) is 38.1 Å². The highest BCUT2D eigenvalue weighted by molar-refractivity contribution is 6.35. The summed E-state index contributed by atoms with van der Waals surface area (Å²) in [5, 5.41) is 11.3. The molecule has 0 aliphatic carbocycles. The lowest BCUT2D eigenvalue weighted by atomic mass is 9.84. The molecule has 1 unspecified atom stereocenters. The molecule has 2 N–H and O–H groups in total. The molecule has 0 radical (unpaired) electrons. The first-order chi connectivity index (χ1) is 16.4. The Morgan fingerprint density at radius 2 is 1.91 bits per heavy atom. The normalized spacial score (nSPS) is 15.6. The van der Waals surface area contributed by atoms with Crippen LogP contribution >= 0.6 is 23.2 Å². The number of nitrogens with one attached hydrogen (secondary N) is 2. The molecule has 186 valence electrons. The molecule has 1 amide bonds. The molecule has 3 aromatic rings. The number of anilines is 1. The zero-order valence-electron chi connectivity index (χ0n) is 19.1. The Balaban J connectivity index is 0.000000509. The first kappa shape index (κ1) is 26.7. The number of hydrogen-bond acceptors (Lipinski definition) is 4. The van der Waals surface area contributed by atoms with E-state index in [0.29, 0.717) is 21.3 Å². The number of halogens is 5. The number of aldehydes is 1. The monoisotopic (exact) mass is 526 g/mol. The summed E-state index contributed by atoms with van der Waals surface area (Å²) in [6, 6.07) is 11.7. The summed E-state index contributed by atoms with van der Waals surface area (Å²) in [7, 11) is 2.08. The number of alkyl halides is 3. The van der Waals surface area contributed by atoms with Crippen molar-refractivity contribution in [2.75, 3.05) is 18.9 Å². The van der Waals surface area contributed by atoms with E-state index in [9.17, 15) is 18.0 Å². The lowest BCUT2D eigenvalue weighted by Crippen LogP contribution is -2.31. The van der Waals surface area contributed by atoms with Gasteiger partial charge in [0.05, 0.1) is 11.3 Å². The number of benzene rings is 2. The van der Waals surface area contributed by atoms with Crippen molar-refractivity contribution < 1.29 is 22.8 Å². The van der Waals surface area contributed by atoms with Crippen LogP contribution in [0.1, 0.15) is 44.4 Å². The minimum Gasteiger partial charge on any atom is -0.322 e. The van der Waals surface area contributed by atoms with Gasteiger partial charge in [0, 0.05) is 40.4 Å². The van der Waals surface area contributed by atoms with Gasteiger partial charge in [-0.25, -0.2) is 0 Å². The molecule has 6 nitrogen and oxygen atoms in total. The Labute approximate surface area is 210 Å². The van der Waals surface area contributed by atoms with Crippen molar-refractivity contribution in [1.29, 1.82) is 0 Å². The molecule has 0 spiro atoms. The highest BCUT2D eigenvalue weighted by atomic mass is 35.5. The predicted molar refractivity (Wildman–Crippen MR) is 129 cm³/mol. The first-order valence-electron chi connectivity index (χ1n) is 10.5. The van der Waals surface area contributed by atoms with Crippen LogP contribution in [0.25, 0.3) is 0 Å². The van der Waals surface area contributed by atoms with Gasteiger partial charge in [-0.3, -0.25) is 14.7 Å². The van der Waals surface area contributed by atoms with E-state index in [2.05, 4.69) is 33.5 Å². The van der Waals surface area contributed by atoms with Crippen molar-refractivity contribution in [3.05, 3.63) is 80.1 Å². The van der Waals surface area contributed by atoms with Gasteiger partial charge in [0.2, 0.25) is 6.29 Å². The van der Waals surface area contributed by atoms with Crippen LogP contribution in [-0.4, -0.2) is 47.1 Å². The SMILES string of the molecule is Cc1n[nH]c(C)c1C(=O)Nc1cccc(C2CN(C)Cc3c(Cl)cc(Cl)cc32)c1.O=CC(F)(F)F. The van der Waals surface area contributed by atoms with Crippen LogP contribution in [0.15, 0.2) is 36.4 Å². The van der Waals surface area contributed by atoms with Gasteiger partial charge < -0.3 is 10.2 Å². The van der Waals surface area contributed by atoms with Gasteiger partial charge in [-0.1, -0.05) is 35.3 Å². The second-order valence-electron chi connectivity index (χ2n) is 8.25. The van der Waals surface area contributed by atoms with Gasteiger partial charge >= 0.3 is 6.18 Å². The summed E-state index contributed by atoms with van der Waals surface area (Å²) < 4.78 is 31.2. The smallest absolute Gasteiger partial charge is 0.322 e. The van der Waals surface area contributed by atoms with Gasteiger partial charge in [0.15, 0.2) is 0 Å². The summed E-state index contributed by atoms with van der Waals surface area (Å²) in [5.41, 5.74) is 6.12. The van der Waals surface area contributed by atoms with Crippen LogP contribution in [0, 0.1) is 13.8 Å². The van der Waals surface area contributed by atoms with Crippen LogP contribution in [-0.2, 0) is 11.3 Å². The topological polar surface area (TPSA) is 78.1 Å². The number of hydrogen-bond donors (Lipinski definition) is 2. The Morgan fingerprint density at radius 3 is 2.51 bits per heavy atom. The van der Waals surface area contributed by atoms with Crippen LogP contribution in [0.2, 0.25) is 10.0 Å². The maximum absolute atomic E-state index is 12.7. The number of likely N-dealkylation sites (N-methyl/N-ethyl adjacent to an activating group) is 1. The van der Waals surface area contributed by atoms with Crippen molar-refractivity contribution in [1.82, 2.24) is 15.1 Å². The van der Waals surface area contributed by atoms with E-state index in [1.54, 1.807) is 6.07 Å². The van der Waals surface area contributed by atoms with E-state index in [4.69, 9.17) is 28.0 Å². The van der Waals surface area contributed by atoms with Crippen molar-refractivity contribution in [3.63, 3.8) is 0 Å². The summed E-state index contributed by atoms with van der Waals surface area (Å²) in [5.74, 6) is -0.0487. The molecule has 2 heterocycles. The van der Waals surface area contributed by atoms with Crippen LogP contribution < -0.4 is 5.32 Å². The number of aromatic nitrogens is 2. The first-order valence-corrected chi connectivity index (χ1v) is 11.3. The fraction of sp³-hybridized carbons (Fsp3) is 0.292. The predicted octanol–water partition coefficient (Wildman–Crippen LogP) is 5.91. The highest BCUT2D eigenvalue weighted by Crippen LogP contribution is 2.38. The maximum atomic E-state index is 12.7. The average Bonchev–Trinajstić information content (AvgIpc) is 3.12. The van der Waals surface area contributed by atoms with E-state index < -0.39 is 12.5 Å². The Morgan fingerprint density at radius 1 is 1.23 bits per heavy atom. The Hall–Kier alpha value is -2.88. The second kappa shape index (κ2) is 10.8. The number of aromatic amines is 1. The second-order valence-corrected chi connectivity index (χ2v) is 9.10. The molecular formula is C24H23Cl2F3N4O2. The molecule has 0 saturated carbocycles. The number of rotatable bonds is 3. The molecule has 4 rings (SSSR count). The zero-order chi connectivity index (χ0) is 25.9. The minimum atomic E-state index is -4.64. The molecular weight excluding hydrogens is 504 g/mol. The molecule has 0 bridgehead atoms. The molecule has 0 fully saturated rings. The van der Waals surface area contributed by atoms with E-state index >= 15 is 0 Å². The lowest BCUT2D eigenvalue weighted by Gasteiger charge is -2.33. The highest BCUT2D eigenvalue weighted by Gasteiger charge is 2.27. The zero-order valence-corrected chi connectivity index (χ0v) is 20.6. The third-order valence-corrected chi connectivity index (χ3v) is 6.08. The van der Waals surface area contributed by atoms with Crippen molar-refractivity contribution >= 4 is 41.1 Å². The summed E-state index contributed by atoms with van der Waals surface area (Å²) in [6.07, 6.45) is -5.70. The van der Waals surface area contributed by atoms with Crippen molar-refractivity contribution in [2.24, 2.45) is 0 Å². The Bertz CT molecular complexity index is 1220. The van der Waals surface area contributed by atoms with Crippen LogP contribution in [0.3, 0.4) is 0 Å². The summed E-state index contributed by atoms with van der Waals surface area (Å²) in [6.45, 7) is 5.29. The summed E-state index contributed by atoms with van der Waals surface area (Å²) >= 11 is 12.8. The number of amides is 1. The lowest BCUT2D eigenvalue weighted by molar-refractivity contribution is -0.156. The van der Waals surface area contributed by atoms with E-state index in [-0.39, 0.29) is 11.8 Å². The quantitative estimate of drug-likeness (QED) is 0.416. The Kier molecular flexibility index (Phi) is 8.25. The van der Waals surface area contributed by atoms with Crippen molar-refractivity contribution in [2.45, 2.75) is 32.5 Å². The molecule has 2 aromatic carbocycles. The summed E-state index contributed by atoms with van der Waals surface area (Å²) in [4.78, 5) is 23.7. The molecule has 1 aliphatic heterocycles. The molecule has 0 saturated heterocycles. The third-order valence-electron chi connectivity index (χ3n) is 5.53. The number of nitrogens with zero attached hydrogens (tertiary/aromatic N) is 2. The van der Waals surface area contributed by atoms with Gasteiger partial charge in [-0.05, 0) is 61.9 Å². The number of fused-ring (bicyclic) bond motifs is 1. The third kappa shape index (κ3) is 6.62. The molecule has 1 atom stereocenters. The maximum Gasteiger partial charge on any atom is 0.446 e. The number of carbonyl (C=O) groups excluding carboxylic acids is 2.